The van der Waals surface area contributed by atoms with Crippen LogP contribution in [0.1, 0.15) is 61.3 Å². The summed E-state index contributed by atoms with van der Waals surface area (Å²) >= 11 is 0. The number of carbonyl (C=O) groups excluding carboxylic acids is 6. The SMILES string of the molecule is COC(=O)[C@@H](CC[C@@H]1O[C@H](COC(C)=O)[C@@H](OC(C)=O)[C@H](OC(C)=O)[C@H]1OC(C)=O)NC(=O)OC(C)(C)C. The van der Waals surface area contributed by atoms with Gasteiger partial charge in [0.2, 0.25) is 0 Å². The highest BCUT2D eigenvalue weighted by molar-refractivity contribution is 5.81. The van der Waals surface area contributed by atoms with Crippen LogP contribution in [-0.2, 0) is 57.1 Å². The molecule has 216 valence electrons. The van der Waals surface area contributed by atoms with Gasteiger partial charge >= 0.3 is 35.9 Å². The van der Waals surface area contributed by atoms with Gasteiger partial charge in [-0.05, 0) is 33.6 Å². The van der Waals surface area contributed by atoms with Crippen molar-refractivity contribution in [3.63, 3.8) is 0 Å². The van der Waals surface area contributed by atoms with Crippen molar-refractivity contribution in [3.05, 3.63) is 0 Å². The third-order valence-corrected chi connectivity index (χ3v) is 5.00. The third-order valence-electron chi connectivity index (χ3n) is 5.00. The van der Waals surface area contributed by atoms with E-state index >= 15 is 0 Å². The van der Waals surface area contributed by atoms with E-state index in [9.17, 15) is 28.8 Å². The van der Waals surface area contributed by atoms with E-state index in [4.69, 9.17) is 33.2 Å². The average Bonchev–Trinajstić information content (AvgIpc) is 2.75. The first kappa shape index (κ1) is 32.6. The Bertz CT molecular complexity index is 881. The van der Waals surface area contributed by atoms with Gasteiger partial charge in [0.05, 0.1) is 13.2 Å². The molecule has 1 amide bonds. The molecule has 0 saturated carbocycles. The van der Waals surface area contributed by atoms with Crippen molar-refractivity contribution >= 4 is 35.9 Å². The molecule has 0 spiro atoms. The number of nitrogens with one attached hydrogen (secondary N) is 1. The van der Waals surface area contributed by atoms with Gasteiger partial charge in [0.25, 0.3) is 0 Å². The normalized spacial score (nSPS) is 23.7. The second kappa shape index (κ2) is 14.5. The molecule has 0 radical (unpaired) electrons. The Labute approximate surface area is 220 Å². The first-order valence-corrected chi connectivity index (χ1v) is 11.9. The van der Waals surface area contributed by atoms with E-state index in [0.717, 1.165) is 34.8 Å². The average molecular weight is 548 g/mol. The standard InChI is InChI=1S/C24H37NO13/c1-12(26)33-11-18-20(35-14(3)28)21(36-15(4)29)19(34-13(2)27)17(37-18)10-9-16(22(30)32-8)25-23(31)38-24(5,6)7/h16-21H,9-11H2,1-8H3,(H,25,31)/t16-,17+,18-,19+,20-,21-/m1/s1. The third kappa shape index (κ3) is 11.3. The molecule has 0 aromatic heterocycles. The van der Waals surface area contributed by atoms with Crippen molar-refractivity contribution < 1.29 is 61.9 Å². The van der Waals surface area contributed by atoms with E-state index in [2.05, 4.69) is 5.32 Å². The van der Waals surface area contributed by atoms with Gasteiger partial charge in [-0.1, -0.05) is 0 Å². The molecule has 1 heterocycles. The highest BCUT2D eigenvalue weighted by Gasteiger charge is 2.52. The van der Waals surface area contributed by atoms with Gasteiger partial charge in [-0.3, -0.25) is 19.2 Å². The van der Waals surface area contributed by atoms with E-state index in [-0.39, 0.29) is 19.4 Å². The molecule has 14 nitrogen and oxygen atoms in total. The fourth-order valence-electron chi connectivity index (χ4n) is 3.72. The van der Waals surface area contributed by atoms with Crippen molar-refractivity contribution in [2.75, 3.05) is 13.7 Å². The zero-order chi connectivity index (χ0) is 29.2. The maximum absolute atomic E-state index is 12.4. The number of hydrogen-bond acceptors (Lipinski definition) is 13. The minimum atomic E-state index is -1.34. The molecule has 0 aromatic rings. The second-order valence-corrected chi connectivity index (χ2v) is 9.54. The van der Waals surface area contributed by atoms with E-state index < -0.39 is 78.1 Å². The lowest BCUT2D eigenvalue weighted by molar-refractivity contribution is -0.253. The summed E-state index contributed by atoms with van der Waals surface area (Å²) in [7, 11) is 1.14. The van der Waals surface area contributed by atoms with Gasteiger partial charge in [-0.25, -0.2) is 9.59 Å². The maximum Gasteiger partial charge on any atom is 0.408 e. The summed E-state index contributed by atoms with van der Waals surface area (Å²) < 4.78 is 37.1. The molecule has 0 aliphatic carbocycles. The summed E-state index contributed by atoms with van der Waals surface area (Å²) in [6.07, 6.45) is -7.09. The topological polar surface area (TPSA) is 179 Å². The van der Waals surface area contributed by atoms with Crippen LogP contribution in [0.3, 0.4) is 0 Å². The molecular formula is C24H37NO13. The molecule has 0 bridgehead atoms. The Morgan fingerprint density at radius 1 is 0.789 bits per heavy atom. The van der Waals surface area contributed by atoms with E-state index in [1.54, 1.807) is 20.8 Å². The van der Waals surface area contributed by atoms with Gasteiger partial charge in [0, 0.05) is 27.7 Å². The van der Waals surface area contributed by atoms with Crippen LogP contribution in [0.4, 0.5) is 4.79 Å². The molecule has 1 rings (SSSR count). The number of alkyl carbamates (subject to hydrolysis) is 1. The molecule has 0 aromatic carbocycles. The molecule has 1 saturated heterocycles. The number of methoxy groups -OCH3 is 1. The second-order valence-electron chi connectivity index (χ2n) is 9.54. The molecule has 1 fully saturated rings. The quantitative estimate of drug-likeness (QED) is 0.302. The summed E-state index contributed by atoms with van der Waals surface area (Å²) in [5, 5.41) is 2.43. The summed E-state index contributed by atoms with van der Waals surface area (Å²) in [4.78, 5) is 71.8. The molecule has 0 unspecified atom stereocenters. The predicted octanol–water partition coefficient (Wildman–Crippen LogP) is 0.959. The lowest BCUT2D eigenvalue weighted by Crippen LogP contribution is -2.62. The monoisotopic (exact) mass is 547 g/mol. The lowest BCUT2D eigenvalue weighted by atomic mass is 9.91. The van der Waals surface area contributed by atoms with Crippen LogP contribution in [0.2, 0.25) is 0 Å². The molecule has 1 aliphatic rings. The minimum Gasteiger partial charge on any atom is -0.467 e. The fourth-order valence-corrected chi connectivity index (χ4v) is 3.72. The summed E-state index contributed by atoms with van der Waals surface area (Å²) in [5.41, 5.74) is -0.829. The first-order chi connectivity index (χ1) is 17.5. The van der Waals surface area contributed by atoms with Crippen LogP contribution in [0.15, 0.2) is 0 Å². The van der Waals surface area contributed by atoms with Crippen molar-refractivity contribution in [3.8, 4) is 0 Å². The number of carbonyl (C=O) groups is 6. The Morgan fingerprint density at radius 2 is 1.29 bits per heavy atom. The number of ether oxygens (including phenoxy) is 7. The van der Waals surface area contributed by atoms with E-state index in [1.165, 1.54) is 0 Å². The molecular weight excluding hydrogens is 510 g/mol. The van der Waals surface area contributed by atoms with Gasteiger partial charge in [0.15, 0.2) is 18.3 Å². The van der Waals surface area contributed by atoms with Crippen LogP contribution >= 0.6 is 0 Å². The number of amides is 1. The molecule has 1 aliphatic heterocycles. The number of esters is 5. The molecule has 14 heteroatoms. The highest BCUT2D eigenvalue weighted by Crippen LogP contribution is 2.31. The Hall–Kier alpha value is -3.42. The summed E-state index contributed by atoms with van der Waals surface area (Å²) in [5.74, 6) is -3.70. The fraction of sp³-hybridized carbons (Fsp3) is 0.750. The zero-order valence-electron chi connectivity index (χ0n) is 22.9. The van der Waals surface area contributed by atoms with Crippen LogP contribution in [0.5, 0.6) is 0 Å². The lowest BCUT2D eigenvalue weighted by Gasteiger charge is -2.44. The van der Waals surface area contributed by atoms with Crippen molar-refractivity contribution in [1.29, 1.82) is 0 Å². The van der Waals surface area contributed by atoms with Gasteiger partial charge in [-0.2, -0.15) is 0 Å². The van der Waals surface area contributed by atoms with Crippen LogP contribution in [0, 0.1) is 0 Å². The van der Waals surface area contributed by atoms with Crippen molar-refractivity contribution in [2.24, 2.45) is 0 Å². The Morgan fingerprint density at radius 3 is 1.74 bits per heavy atom. The van der Waals surface area contributed by atoms with Crippen LogP contribution in [0.25, 0.3) is 0 Å². The smallest absolute Gasteiger partial charge is 0.408 e. The van der Waals surface area contributed by atoms with Gasteiger partial charge < -0.3 is 38.5 Å². The van der Waals surface area contributed by atoms with E-state index in [1.807, 2.05) is 0 Å². The van der Waals surface area contributed by atoms with Crippen molar-refractivity contribution in [1.82, 2.24) is 5.32 Å². The Balaban J connectivity index is 3.31. The predicted molar refractivity (Wildman–Crippen MR) is 126 cm³/mol. The molecule has 38 heavy (non-hydrogen) atoms. The number of hydrogen-bond donors (Lipinski definition) is 1. The summed E-state index contributed by atoms with van der Waals surface area (Å²) in [6, 6.07) is -1.18. The largest absolute Gasteiger partial charge is 0.467 e. The van der Waals surface area contributed by atoms with Gasteiger partial charge in [0.1, 0.15) is 24.4 Å². The maximum atomic E-state index is 12.4. The zero-order valence-corrected chi connectivity index (χ0v) is 22.9. The molecule has 6 atom stereocenters. The first-order valence-electron chi connectivity index (χ1n) is 11.9. The number of rotatable bonds is 10. The van der Waals surface area contributed by atoms with Gasteiger partial charge in [-0.15, -0.1) is 0 Å². The van der Waals surface area contributed by atoms with E-state index in [0.29, 0.717) is 0 Å². The Kier molecular flexibility index (Phi) is 12.4. The van der Waals surface area contributed by atoms with Crippen molar-refractivity contribution in [2.45, 2.75) is 103 Å². The van der Waals surface area contributed by atoms with Crippen LogP contribution in [-0.4, -0.2) is 91.8 Å². The summed E-state index contributed by atoms with van der Waals surface area (Å²) in [6.45, 7) is 9.07. The highest BCUT2D eigenvalue weighted by atomic mass is 16.7. The van der Waals surface area contributed by atoms with Crippen LogP contribution < -0.4 is 5.32 Å². The minimum absolute atomic E-state index is 0.0470. The molecule has 1 N–H and O–H groups in total.